The molecule has 0 bridgehead atoms. The highest BCUT2D eigenvalue weighted by atomic mass is 32.2. The van der Waals surface area contributed by atoms with Crippen molar-refractivity contribution < 1.29 is 12.8 Å². The second kappa shape index (κ2) is 7.12. The number of aryl methyl sites for hydroxylation is 2. The van der Waals surface area contributed by atoms with Crippen LogP contribution in [0.2, 0.25) is 0 Å². The van der Waals surface area contributed by atoms with Crippen LogP contribution >= 0.6 is 11.3 Å². The van der Waals surface area contributed by atoms with E-state index in [1.165, 1.54) is 11.3 Å². The minimum Gasteiger partial charge on any atom is -0.468 e. The van der Waals surface area contributed by atoms with Gasteiger partial charge in [0.25, 0.3) is 0 Å². The molecule has 0 spiro atoms. The molecule has 1 aliphatic rings. The molecule has 3 heterocycles. The number of aromatic nitrogens is 1. The van der Waals surface area contributed by atoms with Crippen molar-refractivity contribution in [1.29, 1.82) is 0 Å². The van der Waals surface area contributed by atoms with Crippen molar-refractivity contribution in [1.82, 2.24) is 14.2 Å². The summed E-state index contributed by atoms with van der Waals surface area (Å²) in [5, 5.41) is 0. The van der Waals surface area contributed by atoms with E-state index < -0.39 is 10.0 Å². The molecule has 6 nitrogen and oxygen atoms in total. The Bertz CT molecular complexity index is 717. The molecule has 0 N–H and O–H groups in total. The number of furan rings is 1. The van der Waals surface area contributed by atoms with Gasteiger partial charge in [-0.1, -0.05) is 0 Å². The van der Waals surface area contributed by atoms with Gasteiger partial charge in [0.2, 0.25) is 10.0 Å². The van der Waals surface area contributed by atoms with Crippen molar-refractivity contribution in [2.45, 2.75) is 19.9 Å². The Morgan fingerprint density at radius 2 is 2.09 bits per heavy atom. The van der Waals surface area contributed by atoms with Crippen LogP contribution in [-0.4, -0.2) is 54.5 Å². The topological polar surface area (TPSA) is 66.7 Å². The van der Waals surface area contributed by atoms with E-state index in [-0.39, 0.29) is 5.75 Å². The summed E-state index contributed by atoms with van der Waals surface area (Å²) in [4.78, 5) is 7.45. The van der Waals surface area contributed by atoms with Gasteiger partial charge in [-0.2, -0.15) is 4.31 Å². The lowest BCUT2D eigenvalue weighted by atomic mass is 10.3. The number of rotatable bonds is 6. The smallest absolute Gasteiger partial charge is 0.214 e. The second-order valence-electron chi connectivity index (χ2n) is 5.68. The monoisotopic (exact) mass is 355 g/mol. The third kappa shape index (κ3) is 4.20. The summed E-state index contributed by atoms with van der Waals surface area (Å²) in [6.07, 6.45) is 2.21. The van der Waals surface area contributed by atoms with E-state index in [0.29, 0.717) is 19.5 Å². The Balaban J connectivity index is 1.50. The summed E-state index contributed by atoms with van der Waals surface area (Å²) in [6.45, 7) is 5.22. The summed E-state index contributed by atoms with van der Waals surface area (Å²) < 4.78 is 31.9. The molecule has 0 atom stereocenters. The van der Waals surface area contributed by atoms with Gasteiger partial charge in [-0.3, -0.25) is 4.90 Å². The van der Waals surface area contributed by atoms with E-state index in [4.69, 9.17) is 4.42 Å². The standard InChI is InChI=1S/C15H21N3O3S2/c1-13-15(22-12-16-13)4-10-23(19,20)18-7-5-17(6-8-18)11-14-3-2-9-21-14/h2-3,9,12H,4-8,10-11H2,1H3. The molecule has 2 aromatic rings. The number of hydrogen-bond acceptors (Lipinski definition) is 6. The number of thiazole rings is 1. The van der Waals surface area contributed by atoms with Crippen molar-refractivity contribution in [2.24, 2.45) is 0 Å². The normalized spacial score (nSPS) is 17.6. The lowest BCUT2D eigenvalue weighted by Gasteiger charge is -2.33. The fourth-order valence-corrected chi connectivity index (χ4v) is 5.06. The fraction of sp³-hybridized carbons (Fsp3) is 0.533. The Kier molecular flexibility index (Phi) is 5.15. The van der Waals surface area contributed by atoms with Gasteiger partial charge in [0.15, 0.2) is 0 Å². The quantitative estimate of drug-likeness (QED) is 0.789. The van der Waals surface area contributed by atoms with Gasteiger partial charge in [-0.25, -0.2) is 13.4 Å². The maximum absolute atomic E-state index is 12.5. The SMILES string of the molecule is Cc1ncsc1CCS(=O)(=O)N1CCN(Cc2ccco2)CC1. The third-order valence-corrected chi connectivity index (χ3v) is 6.98. The van der Waals surface area contributed by atoms with E-state index >= 15 is 0 Å². The van der Waals surface area contributed by atoms with Crippen molar-refractivity contribution in [2.75, 3.05) is 31.9 Å². The first-order valence-electron chi connectivity index (χ1n) is 7.66. The molecule has 3 rings (SSSR count). The van der Waals surface area contributed by atoms with Gasteiger partial charge >= 0.3 is 0 Å². The Morgan fingerprint density at radius 3 is 2.70 bits per heavy atom. The minimum absolute atomic E-state index is 0.161. The summed E-state index contributed by atoms with van der Waals surface area (Å²) in [5.74, 6) is 1.08. The Labute approximate surface area is 140 Å². The van der Waals surface area contributed by atoms with Gasteiger partial charge in [0.1, 0.15) is 5.76 Å². The fourth-order valence-electron chi connectivity index (χ4n) is 2.71. The molecule has 0 aliphatic carbocycles. The summed E-state index contributed by atoms with van der Waals surface area (Å²) in [5.41, 5.74) is 2.71. The van der Waals surface area contributed by atoms with Crippen LogP contribution in [-0.2, 0) is 23.0 Å². The van der Waals surface area contributed by atoms with Crippen molar-refractivity contribution in [3.05, 3.63) is 40.2 Å². The zero-order valence-corrected chi connectivity index (χ0v) is 14.8. The first kappa shape index (κ1) is 16.6. The number of piperazine rings is 1. The van der Waals surface area contributed by atoms with Crippen LogP contribution in [0.25, 0.3) is 0 Å². The van der Waals surface area contributed by atoms with Crippen molar-refractivity contribution in [3.63, 3.8) is 0 Å². The maximum Gasteiger partial charge on any atom is 0.214 e. The molecule has 0 aromatic carbocycles. The predicted octanol–water partition coefficient (Wildman–Crippen LogP) is 1.73. The van der Waals surface area contributed by atoms with Crippen LogP contribution in [0.5, 0.6) is 0 Å². The van der Waals surface area contributed by atoms with E-state index in [1.807, 2.05) is 19.1 Å². The summed E-state index contributed by atoms with van der Waals surface area (Å²) in [6, 6.07) is 3.82. The molecule has 0 radical (unpaired) electrons. The molecule has 1 fully saturated rings. The minimum atomic E-state index is -3.20. The summed E-state index contributed by atoms with van der Waals surface area (Å²) >= 11 is 1.53. The lowest BCUT2D eigenvalue weighted by molar-refractivity contribution is 0.171. The molecule has 1 aliphatic heterocycles. The molecular weight excluding hydrogens is 334 g/mol. The first-order valence-corrected chi connectivity index (χ1v) is 10.1. The van der Waals surface area contributed by atoms with E-state index in [1.54, 1.807) is 16.1 Å². The van der Waals surface area contributed by atoms with Gasteiger partial charge in [-0.05, 0) is 25.5 Å². The highest BCUT2D eigenvalue weighted by molar-refractivity contribution is 7.89. The number of hydrogen-bond donors (Lipinski definition) is 0. The van der Waals surface area contributed by atoms with Crippen LogP contribution in [0.1, 0.15) is 16.3 Å². The van der Waals surface area contributed by atoms with Crippen molar-refractivity contribution >= 4 is 21.4 Å². The molecular formula is C15H21N3O3S2. The maximum atomic E-state index is 12.5. The molecule has 0 saturated carbocycles. The molecule has 126 valence electrons. The van der Waals surface area contributed by atoms with Crippen LogP contribution in [0.15, 0.2) is 28.3 Å². The first-order chi connectivity index (χ1) is 11.0. The van der Waals surface area contributed by atoms with E-state index in [9.17, 15) is 8.42 Å². The van der Waals surface area contributed by atoms with Gasteiger partial charge < -0.3 is 4.42 Å². The van der Waals surface area contributed by atoms with E-state index in [0.717, 1.165) is 36.0 Å². The average molecular weight is 355 g/mol. The molecule has 0 unspecified atom stereocenters. The highest BCUT2D eigenvalue weighted by Gasteiger charge is 2.27. The Morgan fingerprint density at radius 1 is 1.30 bits per heavy atom. The largest absolute Gasteiger partial charge is 0.468 e. The summed E-state index contributed by atoms with van der Waals surface area (Å²) in [7, 11) is -3.20. The lowest BCUT2D eigenvalue weighted by Crippen LogP contribution is -2.48. The molecule has 23 heavy (non-hydrogen) atoms. The van der Waals surface area contributed by atoms with Crippen molar-refractivity contribution in [3.8, 4) is 0 Å². The van der Waals surface area contributed by atoms with Crippen LogP contribution in [0, 0.1) is 6.92 Å². The molecule has 2 aromatic heterocycles. The highest BCUT2D eigenvalue weighted by Crippen LogP contribution is 2.16. The second-order valence-corrected chi connectivity index (χ2v) is 8.71. The zero-order valence-electron chi connectivity index (χ0n) is 13.1. The van der Waals surface area contributed by atoms with Crippen LogP contribution < -0.4 is 0 Å². The van der Waals surface area contributed by atoms with Gasteiger partial charge in [-0.15, -0.1) is 11.3 Å². The van der Waals surface area contributed by atoms with Gasteiger partial charge in [0.05, 0.1) is 29.8 Å². The van der Waals surface area contributed by atoms with Crippen LogP contribution in [0.3, 0.4) is 0 Å². The molecule has 0 amide bonds. The van der Waals surface area contributed by atoms with E-state index in [2.05, 4.69) is 9.88 Å². The number of nitrogens with zero attached hydrogens (tertiary/aromatic N) is 3. The average Bonchev–Trinajstić information content (AvgIpc) is 3.18. The molecule has 8 heteroatoms. The predicted molar refractivity (Wildman–Crippen MR) is 89.9 cm³/mol. The Hall–Kier alpha value is -1.22. The number of sulfonamides is 1. The third-order valence-electron chi connectivity index (χ3n) is 4.12. The zero-order chi connectivity index (χ0) is 16.3. The molecule has 1 saturated heterocycles. The van der Waals surface area contributed by atoms with Crippen LogP contribution in [0.4, 0.5) is 0 Å². The van der Waals surface area contributed by atoms with Gasteiger partial charge in [0, 0.05) is 31.1 Å².